The molecule has 0 aromatic heterocycles. The zero-order valence-corrected chi connectivity index (χ0v) is 12.6. The number of hydrogen-bond acceptors (Lipinski definition) is 8. The summed E-state index contributed by atoms with van der Waals surface area (Å²) < 4.78 is 14.4. The van der Waals surface area contributed by atoms with Gasteiger partial charge in [0.1, 0.15) is 5.25 Å². The van der Waals surface area contributed by atoms with E-state index in [0.717, 1.165) is 0 Å². The summed E-state index contributed by atoms with van der Waals surface area (Å²) in [5.74, 6) is -0.796. The van der Waals surface area contributed by atoms with E-state index in [4.69, 9.17) is 14.6 Å². The second-order valence-electron chi connectivity index (χ2n) is 3.83. The molecule has 7 nitrogen and oxygen atoms in total. The highest BCUT2D eigenvalue weighted by Crippen LogP contribution is 2.38. The molecule has 21 heavy (non-hydrogen) atoms. The molecule has 0 bridgehead atoms. The second kappa shape index (κ2) is 7.75. The van der Waals surface area contributed by atoms with Crippen molar-refractivity contribution in [2.24, 2.45) is 0 Å². The number of phenols is 1. The first kappa shape index (κ1) is 17.1. The number of methoxy groups -OCH3 is 3. The van der Waals surface area contributed by atoms with Crippen LogP contribution in [-0.2, 0) is 9.53 Å². The van der Waals surface area contributed by atoms with Gasteiger partial charge in [-0.2, -0.15) is 0 Å². The predicted octanol–water partition coefficient (Wildman–Crippen LogP) is 0.817. The van der Waals surface area contributed by atoms with Crippen molar-refractivity contribution >= 4 is 22.8 Å². The van der Waals surface area contributed by atoms with Crippen molar-refractivity contribution in [2.45, 2.75) is 5.25 Å². The lowest BCUT2D eigenvalue weighted by atomic mass is 10.2. The van der Waals surface area contributed by atoms with Crippen molar-refractivity contribution < 1.29 is 34.0 Å². The SMILES string of the molecule is COC(=O)[C@H](CO)SC(=O)c1cc(OC)c(O)c(OC)c1. The fourth-order valence-corrected chi connectivity index (χ4v) is 2.28. The van der Waals surface area contributed by atoms with E-state index in [2.05, 4.69) is 4.74 Å². The molecular formula is C13H16O7S. The summed E-state index contributed by atoms with van der Waals surface area (Å²) in [5, 5.41) is 17.4. The van der Waals surface area contributed by atoms with Crippen LogP contribution in [0.3, 0.4) is 0 Å². The minimum absolute atomic E-state index is 0.0666. The molecule has 0 unspecified atom stereocenters. The summed E-state index contributed by atoms with van der Waals surface area (Å²) in [6.07, 6.45) is 0. The molecule has 0 saturated carbocycles. The molecule has 0 amide bonds. The van der Waals surface area contributed by atoms with Gasteiger partial charge in [-0.25, -0.2) is 0 Å². The smallest absolute Gasteiger partial charge is 0.321 e. The largest absolute Gasteiger partial charge is 0.502 e. The molecular weight excluding hydrogens is 300 g/mol. The van der Waals surface area contributed by atoms with Gasteiger partial charge in [0.25, 0.3) is 0 Å². The van der Waals surface area contributed by atoms with E-state index >= 15 is 0 Å². The van der Waals surface area contributed by atoms with E-state index in [1.54, 1.807) is 0 Å². The maximum Gasteiger partial charge on any atom is 0.321 e. The maximum atomic E-state index is 12.1. The Labute approximate surface area is 125 Å². The van der Waals surface area contributed by atoms with Gasteiger partial charge in [0.2, 0.25) is 10.9 Å². The van der Waals surface area contributed by atoms with Gasteiger partial charge >= 0.3 is 5.97 Å². The molecule has 1 aromatic rings. The molecule has 0 spiro atoms. The van der Waals surface area contributed by atoms with Crippen LogP contribution in [0.2, 0.25) is 0 Å². The van der Waals surface area contributed by atoms with Crippen molar-refractivity contribution in [3.8, 4) is 17.2 Å². The fraction of sp³-hybridized carbons (Fsp3) is 0.385. The average molecular weight is 316 g/mol. The molecule has 2 N–H and O–H groups in total. The Bertz CT molecular complexity index is 504. The lowest BCUT2D eigenvalue weighted by Crippen LogP contribution is -2.24. The highest BCUT2D eigenvalue weighted by atomic mass is 32.2. The van der Waals surface area contributed by atoms with E-state index in [9.17, 15) is 14.7 Å². The highest BCUT2D eigenvalue weighted by Gasteiger charge is 2.25. The Morgan fingerprint density at radius 2 is 1.71 bits per heavy atom. The number of aliphatic hydroxyl groups excluding tert-OH is 1. The van der Waals surface area contributed by atoms with Crippen LogP contribution in [0.5, 0.6) is 17.2 Å². The number of hydrogen-bond donors (Lipinski definition) is 2. The first-order chi connectivity index (χ1) is 9.98. The average Bonchev–Trinajstić information content (AvgIpc) is 2.51. The lowest BCUT2D eigenvalue weighted by Gasteiger charge is -2.13. The van der Waals surface area contributed by atoms with E-state index < -0.39 is 22.9 Å². The van der Waals surface area contributed by atoms with E-state index in [1.807, 2.05) is 0 Å². The molecule has 1 rings (SSSR count). The van der Waals surface area contributed by atoms with Gasteiger partial charge in [-0.3, -0.25) is 9.59 Å². The molecule has 0 saturated heterocycles. The van der Waals surface area contributed by atoms with Crippen LogP contribution in [0.15, 0.2) is 12.1 Å². The molecule has 116 valence electrons. The van der Waals surface area contributed by atoms with Crippen molar-refractivity contribution in [2.75, 3.05) is 27.9 Å². The molecule has 0 heterocycles. The molecule has 8 heteroatoms. The number of carbonyl (C=O) groups excluding carboxylic acids is 2. The van der Waals surface area contributed by atoms with Gasteiger partial charge in [0.15, 0.2) is 11.5 Å². The third-order valence-electron chi connectivity index (χ3n) is 2.59. The quantitative estimate of drug-likeness (QED) is 0.744. The van der Waals surface area contributed by atoms with Crippen LogP contribution >= 0.6 is 11.8 Å². The Kier molecular flexibility index (Phi) is 6.32. The third-order valence-corrected chi connectivity index (χ3v) is 3.67. The third kappa shape index (κ3) is 4.02. The Morgan fingerprint density at radius 1 is 1.19 bits per heavy atom. The minimum Gasteiger partial charge on any atom is -0.502 e. The minimum atomic E-state index is -1.02. The number of rotatable bonds is 6. The molecule has 1 atom stereocenters. The first-order valence-corrected chi connectivity index (χ1v) is 6.71. The van der Waals surface area contributed by atoms with E-state index in [1.165, 1.54) is 33.5 Å². The normalized spacial score (nSPS) is 11.6. The number of ether oxygens (including phenoxy) is 3. The summed E-state index contributed by atoms with van der Waals surface area (Å²) in [5.41, 5.74) is 0.161. The van der Waals surface area contributed by atoms with Gasteiger partial charge in [-0.1, -0.05) is 11.8 Å². The Balaban J connectivity index is 3.04. The summed E-state index contributed by atoms with van der Waals surface area (Å²) >= 11 is 0.619. The van der Waals surface area contributed by atoms with Crippen LogP contribution in [-0.4, -0.2) is 54.5 Å². The topological polar surface area (TPSA) is 102 Å². The number of benzene rings is 1. The van der Waals surface area contributed by atoms with Crippen molar-refractivity contribution in [1.82, 2.24) is 0 Å². The summed E-state index contributed by atoms with van der Waals surface area (Å²) in [6.45, 7) is -0.532. The van der Waals surface area contributed by atoms with Crippen LogP contribution in [0.4, 0.5) is 0 Å². The Morgan fingerprint density at radius 3 is 2.10 bits per heavy atom. The number of aliphatic hydroxyl groups is 1. The van der Waals surface area contributed by atoms with Crippen molar-refractivity contribution in [1.29, 1.82) is 0 Å². The number of thioether (sulfide) groups is 1. The zero-order valence-electron chi connectivity index (χ0n) is 11.8. The molecule has 0 fully saturated rings. The summed E-state index contributed by atoms with van der Waals surface area (Å²) in [6, 6.07) is 2.64. The fourth-order valence-electron chi connectivity index (χ4n) is 1.50. The standard InChI is InChI=1S/C13H16O7S/c1-18-8-4-7(5-9(19-2)11(8)15)13(17)21-10(6-14)12(16)20-3/h4-5,10,14-15H,6H2,1-3H3/t10-/m0/s1. The first-order valence-electron chi connectivity index (χ1n) is 5.83. The molecule has 0 radical (unpaired) electrons. The monoisotopic (exact) mass is 316 g/mol. The molecule has 1 aromatic carbocycles. The van der Waals surface area contributed by atoms with E-state index in [0.29, 0.717) is 11.8 Å². The van der Waals surface area contributed by atoms with Gasteiger partial charge in [-0.05, 0) is 12.1 Å². The lowest BCUT2D eigenvalue weighted by molar-refractivity contribution is -0.140. The summed E-state index contributed by atoms with van der Waals surface area (Å²) in [7, 11) is 3.84. The van der Waals surface area contributed by atoms with Gasteiger partial charge in [-0.15, -0.1) is 0 Å². The number of carbonyl (C=O) groups is 2. The predicted molar refractivity (Wildman–Crippen MR) is 76.0 cm³/mol. The maximum absolute atomic E-state index is 12.1. The van der Waals surface area contributed by atoms with Crippen LogP contribution in [0.1, 0.15) is 10.4 Å². The summed E-state index contributed by atoms with van der Waals surface area (Å²) in [4.78, 5) is 23.5. The van der Waals surface area contributed by atoms with Gasteiger partial charge in [0, 0.05) is 5.56 Å². The van der Waals surface area contributed by atoms with Crippen molar-refractivity contribution in [3.63, 3.8) is 0 Å². The zero-order chi connectivity index (χ0) is 16.0. The van der Waals surface area contributed by atoms with Crippen molar-refractivity contribution in [3.05, 3.63) is 17.7 Å². The van der Waals surface area contributed by atoms with Gasteiger partial charge < -0.3 is 24.4 Å². The van der Waals surface area contributed by atoms with Crippen LogP contribution < -0.4 is 9.47 Å². The van der Waals surface area contributed by atoms with Crippen LogP contribution in [0, 0.1) is 0 Å². The molecule has 0 aliphatic carbocycles. The number of phenolic OH excluding ortho intramolecular Hbond substituents is 1. The number of aromatic hydroxyl groups is 1. The second-order valence-corrected chi connectivity index (χ2v) is 5.00. The highest BCUT2D eigenvalue weighted by molar-refractivity contribution is 8.15. The van der Waals surface area contributed by atoms with Crippen LogP contribution in [0.25, 0.3) is 0 Å². The molecule has 0 aliphatic heterocycles. The van der Waals surface area contributed by atoms with Gasteiger partial charge in [0.05, 0.1) is 27.9 Å². The Hall–Kier alpha value is -1.93. The van der Waals surface area contributed by atoms with E-state index in [-0.39, 0.29) is 22.8 Å². The number of esters is 1. The molecule has 0 aliphatic rings.